The molecule has 1 saturated carbocycles. The van der Waals surface area contributed by atoms with E-state index in [2.05, 4.69) is 20.8 Å². The van der Waals surface area contributed by atoms with Crippen LogP contribution in [-0.4, -0.2) is 43.6 Å². The zero-order valence-electron chi connectivity index (χ0n) is 13.7. The molecule has 0 spiro atoms. The topological polar surface area (TPSA) is 75.9 Å². The third-order valence-electron chi connectivity index (χ3n) is 4.28. The van der Waals surface area contributed by atoms with Crippen LogP contribution in [0.25, 0.3) is 0 Å². The minimum Gasteiger partial charge on any atom is -0.382 e. The summed E-state index contributed by atoms with van der Waals surface area (Å²) in [5.74, 6) is 0.481. The Balaban J connectivity index is 1.77. The van der Waals surface area contributed by atoms with Crippen molar-refractivity contribution in [3.8, 4) is 0 Å². The largest absolute Gasteiger partial charge is 0.415 e. The summed E-state index contributed by atoms with van der Waals surface area (Å²) in [6.45, 7) is 1.70. The SMILES string of the molecule is CC(NC(Cc1ccccc1)C(O)C(F)(F)F)c1nnnn1C1CC1. The van der Waals surface area contributed by atoms with Gasteiger partial charge in [-0.15, -0.1) is 5.10 Å². The molecule has 1 aromatic heterocycles. The third-order valence-corrected chi connectivity index (χ3v) is 4.28. The fraction of sp³-hybridized carbons (Fsp3) is 0.562. The summed E-state index contributed by atoms with van der Waals surface area (Å²) in [7, 11) is 0. The van der Waals surface area contributed by atoms with Crippen LogP contribution >= 0.6 is 0 Å². The number of nitrogens with zero attached hydrogens (tertiary/aromatic N) is 4. The molecule has 9 heteroatoms. The molecule has 0 amide bonds. The van der Waals surface area contributed by atoms with E-state index in [1.807, 2.05) is 0 Å². The van der Waals surface area contributed by atoms with Crippen LogP contribution in [0.4, 0.5) is 13.2 Å². The van der Waals surface area contributed by atoms with Crippen LogP contribution in [0.1, 0.15) is 43.2 Å². The lowest BCUT2D eigenvalue weighted by atomic mass is 10.00. The van der Waals surface area contributed by atoms with Crippen molar-refractivity contribution in [1.82, 2.24) is 25.5 Å². The first-order valence-corrected chi connectivity index (χ1v) is 8.18. The molecule has 1 aliphatic carbocycles. The molecule has 136 valence electrons. The van der Waals surface area contributed by atoms with Crippen LogP contribution in [0, 0.1) is 0 Å². The Labute approximate surface area is 143 Å². The smallest absolute Gasteiger partial charge is 0.382 e. The monoisotopic (exact) mass is 355 g/mol. The molecule has 3 atom stereocenters. The van der Waals surface area contributed by atoms with E-state index in [1.54, 1.807) is 41.9 Å². The van der Waals surface area contributed by atoms with Gasteiger partial charge in [0.15, 0.2) is 11.9 Å². The third kappa shape index (κ3) is 4.35. The maximum Gasteiger partial charge on any atom is 0.415 e. The highest BCUT2D eigenvalue weighted by Gasteiger charge is 2.44. The molecule has 1 aliphatic rings. The Morgan fingerprint density at radius 1 is 1.28 bits per heavy atom. The maximum absolute atomic E-state index is 13.1. The van der Waals surface area contributed by atoms with Crippen LogP contribution in [0.5, 0.6) is 0 Å². The molecule has 1 heterocycles. The number of tetrazole rings is 1. The second-order valence-electron chi connectivity index (χ2n) is 6.38. The molecular weight excluding hydrogens is 335 g/mol. The lowest BCUT2D eigenvalue weighted by molar-refractivity contribution is -0.212. The van der Waals surface area contributed by atoms with Crippen molar-refractivity contribution < 1.29 is 18.3 Å². The average molecular weight is 355 g/mol. The van der Waals surface area contributed by atoms with Crippen molar-refractivity contribution in [3.63, 3.8) is 0 Å². The number of nitrogens with one attached hydrogen (secondary N) is 1. The summed E-state index contributed by atoms with van der Waals surface area (Å²) >= 11 is 0. The second kappa shape index (κ2) is 7.09. The fourth-order valence-corrected chi connectivity index (χ4v) is 2.82. The van der Waals surface area contributed by atoms with Crippen LogP contribution in [0.2, 0.25) is 0 Å². The van der Waals surface area contributed by atoms with Gasteiger partial charge in [-0.25, -0.2) is 4.68 Å². The first-order chi connectivity index (χ1) is 11.9. The van der Waals surface area contributed by atoms with E-state index in [9.17, 15) is 18.3 Å². The molecule has 0 radical (unpaired) electrons. The minimum absolute atomic E-state index is 0.0385. The number of hydrogen-bond donors (Lipinski definition) is 2. The highest BCUT2D eigenvalue weighted by molar-refractivity contribution is 5.16. The number of aliphatic hydroxyl groups is 1. The fourth-order valence-electron chi connectivity index (χ4n) is 2.82. The van der Waals surface area contributed by atoms with Gasteiger partial charge in [-0.1, -0.05) is 30.3 Å². The quantitative estimate of drug-likeness (QED) is 0.796. The van der Waals surface area contributed by atoms with Crippen molar-refractivity contribution in [2.75, 3.05) is 0 Å². The van der Waals surface area contributed by atoms with E-state index < -0.39 is 24.4 Å². The predicted molar refractivity (Wildman–Crippen MR) is 83.6 cm³/mol. The zero-order chi connectivity index (χ0) is 18.0. The minimum atomic E-state index is -4.71. The molecule has 2 aromatic rings. The Hall–Kier alpha value is -2.00. The number of benzene rings is 1. The van der Waals surface area contributed by atoms with E-state index in [-0.39, 0.29) is 12.5 Å². The number of rotatable bonds is 7. The van der Waals surface area contributed by atoms with Gasteiger partial charge >= 0.3 is 6.18 Å². The zero-order valence-corrected chi connectivity index (χ0v) is 13.7. The highest BCUT2D eigenvalue weighted by Crippen LogP contribution is 2.35. The van der Waals surface area contributed by atoms with Crippen molar-refractivity contribution in [2.45, 2.75) is 56.6 Å². The average Bonchev–Trinajstić information content (AvgIpc) is 3.30. The summed E-state index contributed by atoms with van der Waals surface area (Å²) < 4.78 is 40.9. The van der Waals surface area contributed by atoms with E-state index >= 15 is 0 Å². The molecule has 3 unspecified atom stereocenters. The van der Waals surface area contributed by atoms with Gasteiger partial charge in [0.1, 0.15) is 0 Å². The standard InChI is InChI=1S/C16H20F3N5O/c1-10(15-21-22-23-24(15)12-7-8-12)20-13(14(25)16(17,18)19)9-11-5-3-2-4-6-11/h2-6,10,12-14,20,25H,7-9H2,1H3. The van der Waals surface area contributed by atoms with E-state index in [0.717, 1.165) is 12.8 Å². The van der Waals surface area contributed by atoms with Crippen LogP contribution in [0.15, 0.2) is 30.3 Å². The van der Waals surface area contributed by atoms with Crippen molar-refractivity contribution in [1.29, 1.82) is 0 Å². The predicted octanol–water partition coefficient (Wildman–Crippen LogP) is 2.19. The molecule has 6 nitrogen and oxygen atoms in total. The Kier molecular flexibility index (Phi) is 5.05. The number of alkyl halides is 3. The molecule has 2 N–H and O–H groups in total. The van der Waals surface area contributed by atoms with Crippen LogP contribution < -0.4 is 5.32 Å². The van der Waals surface area contributed by atoms with Crippen molar-refractivity contribution >= 4 is 0 Å². The molecular formula is C16H20F3N5O. The van der Waals surface area contributed by atoms with Crippen molar-refractivity contribution in [3.05, 3.63) is 41.7 Å². The first-order valence-electron chi connectivity index (χ1n) is 8.18. The van der Waals surface area contributed by atoms with Gasteiger partial charge in [0, 0.05) is 6.04 Å². The van der Waals surface area contributed by atoms with E-state index in [0.29, 0.717) is 11.4 Å². The summed E-state index contributed by atoms with van der Waals surface area (Å²) in [4.78, 5) is 0. The van der Waals surface area contributed by atoms with E-state index in [1.165, 1.54) is 0 Å². The number of aromatic nitrogens is 4. The van der Waals surface area contributed by atoms with Gasteiger partial charge in [-0.2, -0.15) is 13.2 Å². The van der Waals surface area contributed by atoms with Crippen molar-refractivity contribution in [2.24, 2.45) is 0 Å². The molecule has 1 fully saturated rings. The number of halogens is 3. The van der Waals surface area contributed by atoms with Gasteiger partial charge in [0.25, 0.3) is 0 Å². The molecule has 0 aliphatic heterocycles. The van der Waals surface area contributed by atoms with Crippen LogP contribution in [0.3, 0.4) is 0 Å². The number of hydrogen-bond acceptors (Lipinski definition) is 5. The second-order valence-corrected chi connectivity index (χ2v) is 6.38. The summed E-state index contributed by atoms with van der Waals surface area (Å²) in [6, 6.07) is 7.25. The molecule has 25 heavy (non-hydrogen) atoms. The van der Waals surface area contributed by atoms with Gasteiger partial charge in [0.05, 0.1) is 12.1 Å². The lowest BCUT2D eigenvalue weighted by Crippen LogP contribution is -2.50. The Bertz CT molecular complexity index is 687. The molecule has 1 aromatic carbocycles. The number of aliphatic hydroxyl groups excluding tert-OH is 1. The summed E-state index contributed by atoms with van der Waals surface area (Å²) in [5, 5.41) is 24.1. The molecule has 3 rings (SSSR count). The van der Waals surface area contributed by atoms with E-state index in [4.69, 9.17) is 0 Å². The van der Waals surface area contributed by atoms with Gasteiger partial charge in [0.2, 0.25) is 0 Å². The lowest BCUT2D eigenvalue weighted by Gasteiger charge is -2.28. The van der Waals surface area contributed by atoms with Gasteiger partial charge in [-0.05, 0) is 42.2 Å². The van der Waals surface area contributed by atoms with Gasteiger partial charge in [-0.3, -0.25) is 0 Å². The van der Waals surface area contributed by atoms with Gasteiger partial charge < -0.3 is 10.4 Å². The molecule has 0 bridgehead atoms. The first kappa shape index (κ1) is 17.8. The summed E-state index contributed by atoms with van der Waals surface area (Å²) in [6.07, 6.45) is -5.24. The Morgan fingerprint density at radius 3 is 2.56 bits per heavy atom. The highest BCUT2D eigenvalue weighted by atomic mass is 19.4. The summed E-state index contributed by atoms with van der Waals surface area (Å²) in [5.41, 5.74) is 0.706. The normalized spacial score (nSPS) is 18.8. The Morgan fingerprint density at radius 2 is 1.96 bits per heavy atom. The maximum atomic E-state index is 13.1. The van der Waals surface area contributed by atoms with Crippen LogP contribution in [-0.2, 0) is 6.42 Å². The molecule has 0 saturated heterocycles.